The SMILES string of the molecule is Cc1ncc(C(=O)N2CC3(C[C@@H](COCC4CC4)CN3CC3CC3)C2)[nH]1. The lowest BCUT2D eigenvalue weighted by Crippen LogP contribution is -2.69. The molecular weight excluding hydrogens is 328 g/mol. The summed E-state index contributed by atoms with van der Waals surface area (Å²) in [5, 5.41) is 0. The van der Waals surface area contributed by atoms with Crippen molar-refractivity contribution in [3.63, 3.8) is 0 Å². The molecule has 1 aromatic heterocycles. The second kappa shape index (κ2) is 6.34. The Kier molecular flexibility index (Phi) is 4.09. The first-order valence-electron chi connectivity index (χ1n) is 10.2. The average Bonchev–Trinajstić information content (AvgIpc) is 3.49. The Hall–Kier alpha value is -1.40. The molecule has 0 aromatic carbocycles. The molecule has 3 heterocycles. The molecule has 142 valence electrons. The van der Waals surface area contributed by atoms with Crippen LogP contribution in [0.1, 0.15) is 48.4 Å². The van der Waals surface area contributed by atoms with Gasteiger partial charge in [-0.25, -0.2) is 4.98 Å². The molecule has 1 N–H and O–H groups in total. The first-order chi connectivity index (χ1) is 12.6. The van der Waals surface area contributed by atoms with Crippen LogP contribution in [0.25, 0.3) is 0 Å². The van der Waals surface area contributed by atoms with Gasteiger partial charge in [0.2, 0.25) is 0 Å². The molecule has 1 amide bonds. The highest BCUT2D eigenvalue weighted by Crippen LogP contribution is 2.44. The van der Waals surface area contributed by atoms with Crippen molar-refractivity contribution in [2.75, 3.05) is 39.4 Å². The standard InChI is InChI=1S/C20H30N4O2/c1-14-21-7-18(22-14)19(25)23-12-20(13-23)6-17(11-26-10-16-4-5-16)9-24(20)8-15-2-3-15/h7,15-17H,2-6,8-13H2,1H3,(H,21,22)/t17-/m1/s1. The molecule has 2 saturated heterocycles. The molecule has 0 radical (unpaired) electrons. The number of imidazole rings is 1. The number of hydrogen-bond acceptors (Lipinski definition) is 4. The van der Waals surface area contributed by atoms with Crippen molar-refractivity contribution < 1.29 is 9.53 Å². The van der Waals surface area contributed by atoms with Gasteiger partial charge in [0, 0.05) is 32.8 Å². The van der Waals surface area contributed by atoms with E-state index in [-0.39, 0.29) is 11.4 Å². The summed E-state index contributed by atoms with van der Waals surface area (Å²) in [6, 6.07) is 0. The molecule has 26 heavy (non-hydrogen) atoms. The molecule has 1 spiro atoms. The lowest BCUT2D eigenvalue weighted by molar-refractivity contribution is -0.0203. The zero-order valence-electron chi connectivity index (χ0n) is 15.7. The minimum absolute atomic E-state index is 0.0935. The lowest BCUT2D eigenvalue weighted by Gasteiger charge is -2.53. The van der Waals surface area contributed by atoms with Crippen LogP contribution in [0.4, 0.5) is 0 Å². The Morgan fingerprint density at radius 3 is 2.62 bits per heavy atom. The van der Waals surface area contributed by atoms with Gasteiger partial charge in [0.1, 0.15) is 11.5 Å². The van der Waals surface area contributed by atoms with Gasteiger partial charge in [-0.3, -0.25) is 9.69 Å². The van der Waals surface area contributed by atoms with Gasteiger partial charge >= 0.3 is 0 Å². The number of aromatic nitrogens is 2. The highest BCUT2D eigenvalue weighted by Gasteiger charge is 2.55. The summed E-state index contributed by atoms with van der Waals surface area (Å²) in [5.74, 6) is 3.24. The fourth-order valence-electron chi connectivity index (χ4n) is 4.75. The minimum Gasteiger partial charge on any atom is -0.381 e. The van der Waals surface area contributed by atoms with E-state index in [1.54, 1.807) is 6.20 Å². The Morgan fingerprint density at radius 2 is 1.96 bits per heavy atom. The van der Waals surface area contributed by atoms with Gasteiger partial charge in [-0.15, -0.1) is 0 Å². The molecule has 1 aromatic rings. The zero-order valence-corrected chi connectivity index (χ0v) is 15.7. The number of aryl methyl sites for hydroxylation is 1. The maximum absolute atomic E-state index is 12.7. The smallest absolute Gasteiger partial charge is 0.272 e. The molecule has 0 unspecified atom stereocenters. The number of amides is 1. The molecule has 2 aliphatic heterocycles. The lowest BCUT2D eigenvalue weighted by atomic mass is 9.84. The van der Waals surface area contributed by atoms with Crippen molar-refractivity contribution in [1.82, 2.24) is 19.8 Å². The van der Waals surface area contributed by atoms with Gasteiger partial charge in [0.25, 0.3) is 5.91 Å². The topological polar surface area (TPSA) is 61.5 Å². The van der Waals surface area contributed by atoms with Crippen molar-refractivity contribution >= 4 is 5.91 Å². The number of nitrogens with one attached hydrogen (secondary N) is 1. The molecule has 4 fully saturated rings. The predicted octanol–water partition coefficient (Wildman–Crippen LogP) is 2.07. The molecular formula is C20H30N4O2. The van der Waals surface area contributed by atoms with Crippen LogP contribution in [0.2, 0.25) is 0 Å². The minimum atomic E-state index is 0.0935. The van der Waals surface area contributed by atoms with Crippen LogP contribution in [-0.2, 0) is 4.74 Å². The van der Waals surface area contributed by atoms with Crippen LogP contribution in [0.5, 0.6) is 0 Å². The summed E-state index contributed by atoms with van der Waals surface area (Å²) in [6.45, 7) is 7.81. The Bertz CT molecular complexity index is 673. The van der Waals surface area contributed by atoms with E-state index < -0.39 is 0 Å². The second-order valence-electron chi connectivity index (χ2n) is 9.17. The molecule has 0 bridgehead atoms. The van der Waals surface area contributed by atoms with Crippen LogP contribution in [0.15, 0.2) is 6.20 Å². The summed E-state index contributed by atoms with van der Waals surface area (Å²) >= 11 is 0. The number of carbonyl (C=O) groups is 1. The molecule has 4 aliphatic rings. The fourth-order valence-corrected chi connectivity index (χ4v) is 4.75. The highest BCUT2D eigenvalue weighted by atomic mass is 16.5. The average molecular weight is 358 g/mol. The predicted molar refractivity (Wildman–Crippen MR) is 97.9 cm³/mol. The molecule has 5 rings (SSSR count). The zero-order chi connectivity index (χ0) is 17.7. The van der Waals surface area contributed by atoms with Crippen molar-refractivity contribution in [1.29, 1.82) is 0 Å². The monoisotopic (exact) mass is 358 g/mol. The maximum Gasteiger partial charge on any atom is 0.272 e. The number of aromatic amines is 1. The van der Waals surface area contributed by atoms with Crippen molar-refractivity contribution in [2.45, 2.75) is 44.6 Å². The number of likely N-dealkylation sites (tertiary alicyclic amines) is 2. The summed E-state index contributed by atoms with van der Waals surface area (Å²) in [7, 11) is 0. The van der Waals surface area contributed by atoms with E-state index in [9.17, 15) is 4.79 Å². The molecule has 6 heteroatoms. The number of carbonyl (C=O) groups excluding carboxylic acids is 1. The van der Waals surface area contributed by atoms with Crippen LogP contribution >= 0.6 is 0 Å². The van der Waals surface area contributed by atoms with E-state index in [4.69, 9.17) is 4.74 Å². The summed E-state index contributed by atoms with van der Waals surface area (Å²) in [4.78, 5) is 24.6. The van der Waals surface area contributed by atoms with Gasteiger partial charge in [-0.2, -0.15) is 0 Å². The third-order valence-electron chi connectivity index (χ3n) is 6.59. The van der Waals surface area contributed by atoms with Crippen molar-refractivity contribution in [3.05, 3.63) is 17.7 Å². The quantitative estimate of drug-likeness (QED) is 0.811. The summed E-state index contributed by atoms with van der Waals surface area (Å²) < 4.78 is 6.00. The van der Waals surface area contributed by atoms with Crippen LogP contribution in [-0.4, -0.2) is 70.6 Å². The number of nitrogens with zero attached hydrogens (tertiary/aromatic N) is 3. The maximum atomic E-state index is 12.7. The molecule has 2 saturated carbocycles. The first kappa shape index (κ1) is 16.8. The van der Waals surface area contributed by atoms with E-state index in [0.29, 0.717) is 11.6 Å². The summed E-state index contributed by atoms with van der Waals surface area (Å²) in [5.41, 5.74) is 0.814. The molecule has 2 aliphatic carbocycles. The third kappa shape index (κ3) is 3.29. The van der Waals surface area contributed by atoms with E-state index in [1.165, 1.54) is 38.6 Å². The second-order valence-corrected chi connectivity index (χ2v) is 9.17. The fraction of sp³-hybridized carbons (Fsp3) is 0.800. The van der Waals surface area contributed by atoms with E-state index in [2.05, 4.69) is 14.9 Å². The van der Waals surface area contributed by atoms with Crippen molar-refractivity contribution in [2.24, 2.45) is 17.8 Å². The van der Waals surface area contributed by atoms with E-state index in [1.807, 2.05) is 11.8 Å². The Morgan fingerprint density at radius 1 is 1.23 bits per heavy atom. The molecule has 6 nitrogen and oxygen atoms in total. The Balaban J connectivity index is 1.20. The van der Waals surface area contributed by atoms with E-state index >= 15 is 0 Å². The van der Waals surface area contributed by atoms with Gasteiger partial charge < -0.3 is 14.6 Å². The van der Waals surface area contributed by atoms with Crippen LogP contribution in [0, 0.1) is 24.7 Å². The largest absolute Gasteiger partial charge is 0.381 e. The number of hydrogen-bond donors (Lipinski definition) is 1. The third-order valence-corrected chi connectivity index (χ3v) is 6.59. The number of ether oxygens (including phenoxy) is 1. The summed E-state index contributed by atoms with van der Waals surface area (Å²) in [6.07, 6.45) is 8.31. The normalized spacial score (nSPS) is 27.9. The Labute approximate surface area is 155 Å². The van der Waals surface area contributed by atoms with Gasteiger partial charge in [0.15, 0.2) is 0 Å². The highest BCUT2D eigenvalue weighted by molar-refractivity contribution is 5.93. The number of H-pyrrole nitrogens is 1. The molecule has 1 atom stereocenters. The van der Waals surface area contributed by atoms with Gasteiger partial charge in [-0.1, -0.05) is 0 Å². The number of rotatable bonds is 7. The first-order valence-corrected chi connectivity index (χ1v) is 10.2. The van der Waals surface area contributed by atoms with Gasteiger partial charge in [0.05, 0.1) is 18.3 Å². The van der Waals surface area contributed by atoms with E-state index in [0.717, 1.165) is 50.5 Å². The van der Waals surface area contributed by atoms with Crippen LogP contribution in [0.3, 0.4) is 0 Å². The van der Waals surface area contributed by atoms with Crippen molar-refractivity contribution in [3.8, 4) is 0 Å². The van der Waals surface area contributed by atoms with Crippen LogP contribution < -0.4 is 0 Å². The van der Waals surface area contributed by atoms with Gasteiger partial charge in [-0.05, 0) is 56.8 Å².